The van der Waals surface area contributed by atoms with Gasteiger partial charge in [0.25, 0.3) is 5.91 Å². The molecule has 0 fully saturated rings. The van der Waals surface area contributed by atoms with Crippen LogP contribution < -0.4 is 5.32 Å². The Morgan fingerprint density at radius 1 is 1.24 bits per heavy atom. The summed E-state index contributed by atoms with van der Waals surface area (Å²) in [6.45, 7) is 4.24. The van der Waals surface area contributed by atoms with Crippen molar-refractivity contribution in [3.05, 3.63) is 82.7 Å². The number of carbonyl (C=O) groups excluding carboxylic acids is 2. The normalized spacial score (nSPS) is 17.4. The number of hydrogen-bond donors (Lipinski definition) is 1. The molecule has 3 aromatic rings. The number of aryl methyl sites for hydroxylation is 1. The molecule has 0 radical (unpaired) electrons. The van der Waals surface area contributed by atoms with E-state index in [-0.39, 0.29) is 28.6 Å². The van der Waals surface area contributed by atoms with Gasteiger partial charge in [0.2, 0.25) is 5.91 Å². The molecular formula is C25H23F2N5O2. The zero-order chi connectivity index (χ0) is 24.6. The molecule has 34 heavy (non-hydrogen) atoms. The first-order chi connectivity index (χ1) is 16.2. The number of fused-ring (bicyclic) bond motifs is 1. The molecule has 7 nitrogen and oxygen atoms in total. The Balaban J connectivity index is 1.85. The Morgan fingerprint density at radius 3 is 2.65 bits per heavy atom. The zero-order valence-corrected chi connectivity index (χ0v) is 18.9. The summed E-state index contributed by atoms with van der Waals surface area (Å²) in [4.78, 5) is 28.7. The van der Waals surface area contributed by atoms with Crippen molar-refractivity contribution < 1.29 is 18.4 Å². The van der Waals surface area contributed by atoms with Crippen molar-refractivity contribution in [2.24, 2.45) is 13.0 Å². The minimum atomic E-state index is -0.896. The molecule has 9 heteroatoms. The van der Waals surface area contributed by atoms with Crippen molar-refractivity contribution in [2.75, 3.05) is 11.9 Å². The van der Waals surface area contributed by atoms with Gasteiger partial charge in [0.05, 0.1) is 23.7 Å². The molecule has 0 aliphatic carbocycles. The molecule has 2 atom stereocenters. The highest BCUT2D eigenvalue weighted by Gasteiger charge is 2.45. The van der Waals surface area contributed by atoms with E-state index in [0.29, 0.717) is 17.7 Å². The lowest BCUT2D eigenvalue weighted by atomic mass is 9.79. The lowest BCUT2D eigenvalue weighted by Crippen LogP contribution is -2.47. The standard InChI is InChI=1S/C25H23F2N5O2/c1-14(2)12-32-23(16-11-29-31(3)13-16)22(19-6-4-17(26)9-20(19)25(32)34)24(33)30-18-5-7-21(27)15(8-18)10-28/h4-9,11,13-14,22-23H,12H2,1-3H3,(H,30,33). The number of anilines is 1. The molecule has 2 unspecified atom stereocenters. The summed E-state index contributed by atoms with van der Waals surface area (Å²) < 4.78 is 29.5. The average Bonchev–Trinajstić information content (AvgIpc) is 3.22. The number of halogens is 2. The van der Waals surface area contributed by atoms with Gasteiger partial charge in [-0.05, 0) is 41.8 Å². The quantitative estimate of drug-likeness (QED) is 0.616. The maximum Gasteiger partial charge on any atom is 0.254 e. The maximum absolute atomic E-state index is 14.1. The van der Waals surface area contributed by atoms with Crippen LogP contribution in [0.3, 0.4) is 0 Å². The number of nitriles is 1. The van der Waals surface area contributed by atoms with E-state index in [2.05, 4.69) is 10.4 Å². The van der Waals surface area contributed by atoms with Crippen LogP contribution in [0, 0.1) is 28.9 Å². The molecule has 2 aromatic carbocycles. The summed E-state index contributed by atoms with van der Waals surface area (Å²) in [5.41, 5.74) is 1.20. The second-order valence-electron chi connectivity index (χ2n) is 8.75. The number of hydrogen-bond acceptors (Lipinski definition) is 4. The van der Waals surface area contributed by atoms with E-state index in [1.54, 1.807) is 35.1 Å². The summed E-state index contributed by atoms with van der Waals surface area (Å²) in [6.07, 6.45) is 3.34. The number of amides is 2. The lowest BCUT2D eigenvalue weighted by molar-refractivity contribution is -0.119. The van der Waals surface area contributed by atoms with Crippen LogP contribution in [-0.4, -0.2) is 33.0 Å². The highest BCUT2D eigenvalue weighted by Crippen LogP contribution is 2.43. The van der Waals surface area contributed by atoms with Crippen LogP contribution in [0.15, 0.2) is 48.8 Å². The first-order valence-corrected chi connectivity index (χ1v) is 10.8. The SMILES string of the molecule is CC(C)CN1C(=O)c2cc(F)ccc2C(C(=O)Nc2ccc(F)c(C#N)c2)C1c1cnn(C)c1. The highest BCUT2D eigenvalue weighted by atomic mass is 19.1. The first kappa shape index (κ1) is 23.1. The largest absolute Gasteiger partial charge is 0.330 e. The van der Waals surface area contributed by atoms with Gasteiger partial charge in [0, 0.05) is 36.6 Å². The molecule has 2 heterocycles. The van der Waals surface area contributed by atoms with Crippen LogP contribution in [0.1, 0.15) is 52.9 Å². The fourth-order valence-corrected chi connectivity index (χ4v) is 4.36. The van der Waals surface area contributed by atoms with Crippen molar-refractivity contribution in [2.45, 2.75) is 25.8 Å². The molecule has 0 spiro atoms. The maximum atomic E-state index is 14.1. The van der Waals surface area contributed by atoms with Gasteiger partial charge < -0.3 is 10.2 Å². The molecule has 174 valence electrons. The third kappa shape index (κ3) is 4.27. The van der Waals surface area contributed by atoms with Gasteiger partial charge in [-0.3, -0.25) is 14.3 Å². The monoisotopic (exact) mass is 463 g/mol. The van der Waals surface area contributed by atoms with Gasteiger partial charge in [-0.15, -0.1) is 0 Å². The van der Waals surface area contributed by atoms with Crippen LogP contribution in [0.2, 0.25) is 0 Å². The van der Waals surface area contributed by atoms with Gasteiger partial charge in [0.15, 0.2) is 0 Å². The highest BCUT2D eigenvalue weighted by molar-refractivity contribution is 6.04. The molecule has 1 aliphatic heterocycles. The van der Waals surface area contributed by atoms with E-state index < -0.39 is 29.5 Å². The van der Waals surface area contributed by atoms with Crippen molar-refractivity contribution in [1.82, 2.24) is 14.7 Å². The molecule has 4 rings (SSSR count). The average molecular weight is 463 g/mol. The Morgan fingerprint density at radius 2 is 2.00 bits per heavy atom. The minimum absolute atomic E-state index is 0.0808. The van der Waals surface area contributed by atoms with E-state index in [1.807, 2.05) is 13.8 Å². The third-order valence-corrected chi connectivity index (χ3v) is 5.76. The lowest BCUT2D eigenvalue weighted by Gasteiger charge is -2.42. The van der Waals surface area contributed by atoms with Gasteiger partial charge in [-0.25, -0.2) is 8.78 Å². The van der Waals surface area contributed by atoms with E-state index in [0.717, 1.165) is 12.1 Å². The van der Waals surface area contributed by atoms with Crippen molar-refractivity contribution in [3.63, 3.8) is 0 Å². The second kappa shape index (κ2) is 9.06. The zero-order valence-electron chi connectivity index (χ0n) is 18.9. The Labute approximate surface area is 195 Å². The Bertz CT molecular complexity index is 1310. The van der Waals surface area contributed by atoms with Gasteiger partial charge in [-0.2, -0.15) is 10.4 Å². The third-order valence-electron chi connectivity index (χ3n) is 5.76. The van der Waals surface area contributed by atoms with Crippen LogP contribution in [0.4, 0.5) is 14.5 Å². The van der Waals surface area contributed by atoms with Crippen molar-refractivity contribution >= 4 is 17.5 Å². The number of benzene rings is 2. The molecule has 1 N–H and O–H groups in total. The Kier molecular flexibility index (Phi) is 6.16. The van der Waals surface area contributed by atoms with Crippen molar-refractivity contribution in [1.29, 1.82) is 5.26 Å². The predicted octanol–water partition coefficient (Wildman–Crippen LogP) is 4.15. The fourth-order valence-electron chi connectivity index (χ4n) is 4.36. The van der Waals surface area contributed by atoms with Gasteiger partial charge >= 0.3 is 0 Å². The second-order valence-corrected chi connectivity index (χ2v) is 8.75. The molecule has 0 bridgehead atoms. The number of carbonyl (C=O) groups is 2. The molecule has 1 aromatic heterocycles. The molecular weight excluding hydrogens is 440 g/mol. The fraction of sp³-hybridized carbons (Fsp3) is 0.280. The first-order valence-electron chi connectivity index (χ1n) is 10.8. The van der Waals surface area contributed by atoms with Crippen LogP contribution in [0.25, 0.3) is 0 Å². The Hall–Kier alpha value is -4.06. The summed E-state index contributed by atoms with van der Waals surface area (Å²) in [6, 6.07) is 8.58. The molecule has 1 aliphatic rings. The summed E-state index contributed by atoms with van der Waals surface area (Å²) in [7, 11) is 1.74. The summed E-state index contributed by atoms with van der Waals surface area (Å²) in [5.74, 6) is -2.93. The number of nitrogens with one attached hydrogen (secondary N) is 1. The minimum Gasteiger partial charge on any atom is -0.330 e. The molecule has 0 saturated carbocycles. The molecule has 0 saturated heterocycles. The number of rotatable bonds is 5. The summed E-state index contributed by atoms with van der Waals surface area (Å²) in [5, 5.41) is 16.1. The predicted molar refractivity (Wildman–Crippen MR) is 121 cm³/mol. The number of aromatic nitrogens is 2. The van der Waals surface area contributed by atoms with Gasteiger partial charge in [-0.1, -0.05) is 19.9 Å². The van der Waals surface area contributed by atoms with Gasteiger partial charge in [0.1, 0.15) is 17.7 Å². The van der Waals surface area contributed by atoms with E-state index in [9.17, 15) is 18.4 Å². The van der Waals surface area contributed by atoms with Crippen LogP contribution in [0.5, 0.6) is 0 Å². The topological polar surface area (TPSA) is 91.0 Å². The van der Waals surface area contributed by atoms with E-state index in [4.69, 9.17) is 5.26 Å². The number of nitrogens with zero attached hydrogens (tertiary/aromatic N) is 4. The van der Waals surface area contributed by atoms with Crippen LogP contribution in [-0.2, 0) is 11.8 Å². The van der Waals surface area contributed by atoms with Crippen molar-refractivity contribution in [3.8, 4) is 6.07 Å². The van der Waals surface area contributed by atoms with E-state index in [1.165, 1.54) is 24.3 Å². The summed E-state index contributed by atoms with van der Waals surface area (Å²) >= 11 is 0. The van der Waals surface area contributed by atoms with Crippen LogP contribution >= 0.6 is 0 Å². The van der Waals surface area contributed by atoms with E-state index >= 15 is 0 Å². The smallest absolute Gasteiger partial charge is 0.254 e. The molecule has 2 amide bonds.